The minimum absolute atomic E-state index is 0.00865. The molecule has 120 valence electrons. The molecule has 2 aromatic rings. The molecule has 3 rings (SSSR count). The number of aryl methyl sites for hydroxylation is 2. The van der Waals surface area contributed by atoms with Crippen molar-refractivity contribution in [2.75, 3.05) is 31.1 Å². The van der Waals surface area contributed by atoms with Crippen LogP contribution in [0.1, 0.15) is 21.6 Å². The summed E-state index contributed by atoms with van der Waals surface area (Å²) >= 11 is 0. The molecule has 1 aliphatic heterocycles. The van der Waals surface area contributed by atoms with E-state index in [0.717, 1.165) is 17.2 Å². The first-order valence-electron chi connectivity index (χ1n) is 7.68. The lowest BCUT2D eigenvalue weighted by Crippen LogP contribution is -2.49. The van der Waals surface area contributed by atoms with Crippen molar-refractivity contribution in [3.63, 3.8) is 0 Å². The first-order valence-corrected chi connectivity index (χ1v) is 7.68. The number of aromatic hydroxyl groups is 1. The highest BCUT2D eigenvalue weighted by Crippen LogP contribution is 2.16. The van der Waals surface area contributed by atoms with Gasteiger partial charge in [0.2, 0.25) is 5.95 Å². The van der Waals surface area contributed by atoms with E-state index in [1.807, 2.05) is 24.9 Å². The van der Waals surface area contributed by atoms with E-state index in [1.54, 1.807) is 12.1 Å². The smallest absolute Gasteiger partial charge is 0.253 e. The van der Waals surface area contributed by atoms with Gasteiger partial charge in [-0.3, -0.25) is 4.79 Å². The Balaban J connectivity index is 1.64. The summed E-state index contributed by atoms with van der Waals surface area (Å²) in [6, 6.07) is 6.37. The largest absolute Gasteiger partial charge is 0.508 e. The number of rotatable bonds is 2. The van der Waals surface area contributed by atoms with Crippen LogP contribution in [0.5, 0.6) is 5.75 Å². The molecule has 6 nitrogen and oxygen atoms in total. The number of nitrogens with zero attached hydrogens (tertiary/aromatic N) is 4. The van der Waals surface area contributed by atoms with E-state index >= 15 is 0 Å². The Morgan fingerprint density at radius 3 is 2.35 bits per heavy atom. The molecule has 1 aliphatic rings. The van der Waals surface area contributed by atoms with Gasteiger partial charge in [-0.2, -0.15) is 0 Å². The zero-order valence-corrected chi connectivity index (χ0v) is 13.4. The third kappa shape index (κ3) is 3.26. The molecule has 0 spiro atoms. The Kier molecular flexibility index (Phi) is 4.14. The average Bonchev–Trinajstić information content (AvgIpc) is 2.57. The Hall–Kier alpha value is -2.63. The number of hydrogen-bond acceptors (Lipinski definition) is 5. The highest BCUT2D eigenvalue weighted by Gasteiger charge is 2.23. The Labute approximate surface area is 135 Å². The molecule has 23 heavy (non-hydrogen) atoms. The lowest BCUT2D eigenvalue weighted by atomic mass is 10.1. The van der Waals surface area contributed by atoms with Gasteiger partial charge in [0.15, 0.2) is 0 Å². The van der Waals surface area contributed by atoms with E-state index in [-0.39, 0.29) is 11.7 Å². The van der Waals surface area contributed by atoms with E-state index in [0.29, 0.717) is 31.7 Å². The topological polar surface area (TPSA) is 69.6 Å². The minimum Gasteiger partial charge on any atom is -0.508 e. The number of aromatic nitrogens is 2. The van der Waals surface area contributed by atoms with Gasteiger partial charge in [-0.25, -0.2) is 9.97 Å². The van der Waals surface area contributed by atoms with Crippen molar-refractivity contribution in [2.24, 2.45) is 0 Å². The van der Waals surface area contributed by atoms with E-state index in [4.69, 9.17) is 0 Å². The number of anilines is 1. The maximum Gasteiger partial charge on any atom is 0.253 e. The zero-order valence-electron chi connectivity index (χ0n) is 13.4. The molecular formula is C17H20N4O2. The van der Waals surface area contributed by atoms with Crippen LogP contribution in [-0.2, 0) is 0 Å². The maximum absolute atomic E-state index is 12.4. The summed E-state index contributed by atoms with van der Waals surface area (Å²) in [5.41, 5.74) is 2.66. The molecule has 0 bridgehead atoms. The van der Waals surface area contributed by atoms with E-state index in [9.17, 15) is 9.90 Å². The maximum atomic E-state index is 12.4. The standard InChI is InChI=1S/C17H20N4O2/c1-12-11-18-17(19-13(12)2)21-9-7-20(8-10-21)16(23)14-3-5-15(22)6-4-14/h3-6,11,22H,7-10H2,1-2H3. The normalized spacial score (nSPS) is 14.9. The van der Waals surface area contributed by atoms with Gasteiger partial charge in [0, 0.05) is 43.6 Å². The van der Waals surface area contributed by atoms with Crippen molar-refractivity contribution in [1.29, 1.82) is 0 Å². The van der Waals surface area contributed by atoms with Crippen molar-refractivity contribution in [1.82, 2.24) is 14.9 Å². The summed E-state index contributed by atoms with van der Waals surface area (Å²) in [4.78, 5) is 25.3. The van der Waals surface area contributed by atoms with Crippen LogP contribution in [0.4, 0.5) is 5.95 Å². The van der Waals surface area contributed by atoms with Gasteiger partial charge >= 0.3 is 0 Å². The number of carbonyl (C=O) groups is 1. The van der Waals surface area contributed by atoms with Crippen molar-refractivity contribution in [3.05, 3.63) is 47.3 Å². The van der Waals surface area contributed by atoms with Crippen LogP contribution in [0.25, 0.3) is 0 Å². The van der Waals surface area contributed by atoms with Gasteiger partial charge in [0.25, 0.3) is 5.91 Å². The summed E-state index contributed by atoms with van der Waals surface area (Å²) in [5, 5.41) is 9.31. The molecule has 0 saturated carbocycles. The fourth-order valence-electron chi connectivity index (χ4n) is 2.56. The first-order chi connectivity index (χ1) is 11.0. The molecule has 2 heterocycles. The summed E-state index contributed by atoms with van der Waals surface area (Å²) in [5.74, 6) is 0.883. The average molecular weight is 312 g/mol. The highest BCUT2D eigenvalue weighted by molar-refractivity contribution is 5.94. The zero-order chi connectivity index (χ0) is 16.4. The van der Waals surface area contributed by atoms with Gasteiger partial charge < -0.3 is 14.9 Å². The monoisotopic (exact) mass is 312 g/mol. The fourth-order valence-corrected chi connectivity index (χ4v) is 2.56. The van der Waals surface area contributed by atoms with Crippen LogP contribution in [0.2, 0.25) is 0 Å². The van der Waals surface area contributed by atoms with Crippen LogP contribution < -0.4 is 4.90 Å². The molecule has 6 heteroatoms. The summed E-state index contributed by atoms with van der Waals surface area (Å²) < 4.78 is 0. The predicted molar refractivity (Wildman–Crippen MR) is 87.7 cm³/mol. The number of carbonyl (C=O) groups excluding carboxylic acids is 1. The Bertz CT molecular complexity index is 707. The molecule has 0 unspecified atom stereocenters. The quantitative estimate of drug-likeness (QED) is 0.915. The first kappa shape index (κ1) is 15.3. The summed E-state index contributed by atoms with van der Waals surface area (Å²) in [7, 11) is 0. The molecule has 1 N–H and O–H groups in total. The van der Waals surface area contributed by atoms with Gasteiger partial charge in [-0.15, -0.1) is 0 Å². The number of hydrogen-bond donors (Lipinski definition) is 1. The number of piperazine rings is 1. The van der Waals surface area contributed by atoms with Crippen LogP contribution in [0.3, 0.4) is 0 Å². The van der Waals surface area contributed by atoms with Gasteiger partial charge in [-0.05, 0) is 43.7 Å². The molecule has 1 aromatic heterocycles. The molecule has 1 fully saturated rings. The molecule has 1 saturated heterocycles. The highest BCUT2D eigenvalue weighted by atomic mass is 16.3. The fraction of sp³-hybridized carbons (Fsp3) is 0.353. The molecular weight excluding hydrogens is 292 g/mol. The van der Waals surface area contributed by atoms with E-state index in [2.05, 4.69) is 14.9 Å². The second-order valence-corrected chi connectivity index (χ2v) is 5.76. The minimum atomic E-state index is -0.00865. The van der Waals surface area contributed by atoms with Gasteiger partial charge in [0.05, 0.1) is 0 Å². The molecule has 0 atom stereocenters. The molecule has 1 aromatic carbocycles. The molecule has 0 radical (unpaired) electrons. The molecule has 1 amide bonds. The second kappa shape index (κ2) is 6.24. The lowest BCUT2D eigenvalue weighted by molar-refractivity contribution is 0.0746. The summed E-state index contributed by atoms with van der Waals surface area (Å²) in [6.07, 6.45) is 1.84. The van der Waals surface area contributed by atoms with E-state index < -0.39 is 0 Å². The number of phenols is 1. The van der Waals surface area contributed by atoms with Crippen molar-refractivity contribution in [2.45, 2.75) is 13.8 Å². The SMILES string of the molecule is Cc1cnc(N2CCN(C(=O)c3ccc(O)cc3)CC2)nc1C. The third-order valence-electron chi connectivity index (χ3n) is 4.18. The van der Waals surface area contributed by atoms with Crippen molar-refractivity contribution in [3.8, 4) is 5.75 Å². The van der Waals surface area contributed by atoms with Gasteiger partial charge in [-0.1, -0.05) is 0 Å². The number of amides is 1. The van der Waals surface area contributed by atoms with Crippen molar-refractivity contribution >= 4 is 11.9 Å². The number of phenolic OH excluding ortho intramolecular Hbond substituents is 1. The lowest BCUT2D eigenvalue weighted by Gasteiger charge is -2.34. The Morgan fingerprint density at radius 1 is 1.09 bits per heavy atom. The van der Waals surface area contributed by atoms with Crippen molar-refractivity contribution < 1.29 is 9.90 Å². The Morgan fingerprint density at radius 2 is 1.74 bits per heavy atom. The second-order valence-electron chi connectivity index (χ2n) is 5.76. The third-order valence-corrected chi connectivity index (χ3v) is 4.18. The summed E-state index contributed by atoms with van der Waals surface area (Å²) in [6.45, 7) is 6.67. The van der Waals surface area contributed by atoms with Crippen LogP contribution in [0.15, 0.2) is 30.5 Å². The van der Waals surface area contributed by atoms with Gasteiger partial charge in [0.1, 0.15) is 5.75 Å². The predicted octanol–water partition coefficient (Wildman–Crippen LogP) is 1.76. The number of benzene rings is 1. The van der Waals surface area contributed by atoms with Crippen LogP contribution in [-0.4, -0.2) is 52.1 Å². The molecule has 0 aliphatic carbocycles. The van der Waals surface area contributed by atoms with Crippen LogP contribution in [0, 0.1) is 13.8 Å². The van der Waals surface area contributed by atoms with Crippen LogP contribution >= 0.6 is 0 Å². The van der Waals surface area contributed by atoms with E-state index in [1.165, 1.54) is 12.1 Å².